The summed E-state index contributed by atoms with van der Waals surface area (Å²) in [6.45, 7) is 8.31. The number of aromatic nitrogens is 2. The molecular formula is C17H22N4. The van der Waals surface area contributed by atoms with E-state index < -0.39 is 0 Å². The molecule has 2 aromatic rings. The van der Waals surface area contributed by atoms with Crippen molar-refractivity contribution in [3.05, 3.63) is 41.6 Å². The smallest absolute Gasteiger partial charge is 0.225 e. The molecule has 4 heteroatoms. The molecule has 1 aliphatic rings. The van der Waals surface area contributed by atoms with Crippen LogP contribution in [0.2, 0.25) is 0 Å². The number of hydrogen-bond donors (Lipinski definition) is 1. The third-order valence-corrected chi connectivity index (χ3v) is 3.78. The number of nitrogens with zero attached hydrogens (tertiary/aromatic N) is 3. The van der Waals surface area contributed by atoms with Gasteiger partial charge in [-0.25, -0.2) is 9.97 Å². The quantitative estimate of drug-likeness (QED) is 0.919. The van der Waals surface area contributed by atoms with Crippen LogP contribution in [0.15, 0.2) is 30.5 Å². The maximum atomic E-state index is 4.78. The lowest BCUT2D eigenvalue weighted by Crippen LogP contribution is -2.29. The SMILES string of the molecule is Cc1cc(C)cc(-c2ccnc(N3CCCNCC3)n2)c1. The van der Waals surface area contributed by atoms with Crippen molar-refractivity contribution in [1.29, 1.82) is 0 Å². The lowest BCUT2D eigenvalue weighted by Gasteiger charge is -2.20. The summed E-state index contributed by atoms with van der Waals surface area (Å²) in [5.41, 5.74) is 4.71. The Morgan fingerprint density at radius 2 is 1.86 bits per heavy atom. The maximum absolute atomic E-state index is 4.78. The monoisotopic (exact) mass is 282 g/mol. The zero-order valence-electron chi connectivity index (χ0n) is 12.8. The van der Waals surface area contributed by atoms with Crippen molar-refractivity contribution in [3.63, 3.8) is 0 Å². The molecule has 1 aromatic heterocycles. The van der Waals surface area contributed by atoms with Crippen LogP contribution in [0, 0.1) is 13.8 Å². The van der Waals surface area contributed by atoms with Crippen molar-refractivity contribution >= 4 is 5.95 Å². The van der Waals surface area contributed by atoms with Crippen molar-refractivity contribution in [2.24, 2.45) is 0 Å². The van der Waals surface area contributed by atoms with Gasteiger partial charge in [0.05, 0.1) is 5.69 Å². The van der Waals surface area contributed by atoms with Crippen LogP contribution in [0.4, 0.5) is 5.95 Å². The highest BCUT2D eigenvalue weighted by Gasteiger charge is 2.13. The lowest BCUT2D eigenvalue weighted by molar-refractivity contribution is 0.724. The molecule has 0 aliphatic carbocycles. The van der Waals surface area contributed by atoms with Crippen molar-refractivity contribution in [2.45, 2.75) is 20.3 Å². The lowest BCUT2D eigenvalue weighted by atomic mass is 10.1. The number of hydrogen-bond acceptors (Lipinski definition) is 4. The second-order valence-corrected chi connectivity index (χ2v) is 5.71. The Bertz CT molecular complexity index is 596. The van der Waals surface area contributed by atoms with Gasteiger partial charge in [0.2, 0.25) is 5.95 Å². The fourth-order valence-electron chi connectivity index (χ4n) is 2.83. The van der Waals surface area contributed by atoms with Gasteiger partial charge in [-0.1, -0.05) is 17.2 Å². The van der Waals surface area contributed by atoms with Crippen LogP contribution in [0.25, 0.3) is 11.3 Å². The van der Waals surface area contributed by atoms with Gasteiger partial charge in [0.1, 0.15) is 0 Å². The van der Waals surface area contributed by atoms with E-state index in [2.05, 4.69) is 47.2 Å². The largest absolute Gasteiger partial charge is 0.339 e. The summed E-state index contributed by atoms with van der Waals surface area (Å²) in [5.74, 6) is 0.843. The normalized spacial score (nSPS) is 15.8. The van der Waals surface area contributed by atoms with E-state index in [-0.39, 0.29) is 0 Å². The molecule has 4 nitrogen and oxygen atoms in total. The molecule has 21 heavy (non-hydrogen) atoms. The molecule has 1 saturated heterocycles. The van der Waals surface area contributed by atoms with E-state index in [4.69, 9.17) is 4.98 Å². The van der Waals surface area contributed by atoms with Crippen molar-refractivity contribution in [3.8, 4) is 11.3 Å². The van der Waals surface area contributed by atoms with Crippen LogP contribution in [0.5, 0.6) is 0 Å². The van der Waals surface area contributed by atoms with Gasteiger partial charge in [-0.15, -0.1) is 0 Å². The van der Waals surface area contributed by atoms with Gasteiger partial charge in [0.25, 0.3) is 0 Å². The zero-order valence-corrected chi connectivity index (χ0v) is 12.8. The Morgan fingerprint density at radius 3 is 2.67 bits per heavy atom. The predicted molar refractivity (Wildman–Crippen MR) is 86.6 cm³/mol. The summed E-state index contributed by atoms with van der Waals surface area (Å²) in [5, 5.41) is 3.41. The van der Waals surface area contributed by atoms with Crippen LogP contribution >= 0.6 is 0 Å². The first-order chi connectivity index (χ1) is 10.2. The third-order valence-electron chi connectivity index (χ3n) is 3.78. The fourth-order valence-corrected chi connectivity index (χ4v) is 2.83. The summed E-state index contributed by atoms with van der Waals surface area (Å²) in [6.07, 6.45) is 3.00. The van der Waals surface area contributed by atoms with E-state index in [1.807, 2.05) is 12.3 Å². The van der Waals surface area contributed by atoms with E-state index in [0.29, 0.717) is 0 Å². The fraction of sp³-hybridized carbons (Fsp3) is 0.412. The average Bonchev–Trinajstić information content (AvgIpc) is 2.75. The molecule has 1 fully saturated rings. The summed E-state index contributed by atoms with van der Waals surface area (Å²) in [6, 6.07) is 8.55. The Kier molecular flexibility index (Phi) is 4.15. The molecule has 0 atom stereocenters. The molecule has 0 unspecified atom stereocenters. The third kappa shape index (κ3) is 3.39. The van der Waals surface area contributed by atoms with Crippen molar-refractivity contribution in [2.75, 3.05) is 31.1 Å². The van der Waals surface area contributed by atoms with E-state index in [0.717, 1.165) is 44.2 Å². The number of aryl methyl sites for hydroxylation is 2. The molecule has 1 N–H and O–H groups in total. The van der Waals surface area contributed by atoms with Gasteiger partial charge in [-0.3, -0.25) is 0 Å². The zero-order chi connectivity index (χ0) is 14.7. The summed E-state index contributed by atoms with van der Waals surface area (Å²) < 4.78 is 0. The van der Waals surface area contributed by atoms with E-state index >= 15 is 0 Å². The number of anilines is 1. The minimum absolute atomic E-state index is 0.843. The van der Waals surface area contributed by atoms with Gasteiger partial charge in [0.15, 0.2) is 0 Å². The van der Waals surface area contributed by atoms with Crippen LogP contribution in [-0.2, 0) is 0 Å². The summed E-state index contributed by atoms with van der Waals surface area (Å²) in [4.78, 5) is 11.5. The summed E-state index contributed by atoms with van der Waals surface area (Å²) in [7, 11) is 0. The first-order valence-corrected chi connectivity index (χ1v) is 7.60. The van der Waals surface area contributed by atoms with E-state index in [9.17, 15) is 0 Å². The van der Waals surface area contributed by atoms with Crippen LogP contribution < -0.4 is 10.2 Å². The van der Waals surface area contributed by atoms with Crippen molar-refractivity contribution < 1.29 is 0 Å². The first-order valence-electron chi connectivity index (χ1n) is 7.60. The van der Waals surface area contributed by atoms with Gasteiger partial charge in [-0.05, 0) is 45.0 Å². The Labute approximate surface area is 126 Å². The molecule has 0 radical (unpaired) electrons. The molecule has 0 bridgehead atoms. The Hall–Kier alpha value is -1.94. The predicted octanol–water partition coefficient (Wildman–Crippen LogP) is 2.56. The van der Waals surface area contributed by atoms with Crippen LogP contribution in [0.1, 0.15) is 17.5 Å². The van der Waals surface area contributed by atoms with Crippen LogP contribution in [0.3, 0.4) is 0 Å². The highest BCUT2D eigenvalue weighted by Crippen LogP contribution is 2.22. The minimum Gasteiger partial charge on any atom is -0.339 e. The number of nitrogens with one attached hydrogen (secondary N) is 1. The molecule has 0 amide bonds. The highest BCUT2D eigenvalue weighted by molar-refractivity contribution is 5.62. The van der Waals surface area contributed by atoms with Crippen molar-refractivity contribution in [1.82, 2.24) is 15.3 Å². The molecule has 110 valence electrons. The van der Waals surface area contributed by atoms with Gasteiger partial charge >= 0.3 is 0 Å². The standard InChI is InChI=1S/C17H22N4/c1-13-10-14(2)12-15(11-13)16-4-6-19-17(20-16)21-8-3-5-18-7-9-21/h4,6,10-12,18H,3,5,7-9H2,1-2H3. The van der Waals surface area contributed by atoms with Gasteiger partial charge in [-0.2, -0.15) is 0 Å². The number of rotatable bonds is 2. The molecule has 0 spiro atoms. The first kappa shape index (κ1) is 14.0. The maximum Gasteiger partial charge on any atom is 0.225 e. The van der Waals surface area contributed by atoms with E-state index in [1.165, 1.54) is 16.7 Å². The Morgan fingerprint density at radius 1 is 1.05 bits per heavy atom. The molecule has 2 heterocycles. The topological polar surface area (TPSA) is 41.1 Å². The molecular weight excluding hydrogens is 260 g/mol. The summed E-state index contributed by atoms with van der Waals surface area (Å²) >= 11 is 0. The molecule has 3 rings (SSSR count). The van der Waals surface area contributed by atoms with Crippen LogP contribution in [-0.4, -0.2) is 36.1 Å². The number of benzene rings is 1. The van der Waals surface area contributed by atoms with E-state index in [1.54, 1.807) is 0 Å². The second-order valence-electron chi connectivity index (χ2n) is 5.71. The van der Waals surface area contributed by atoms with Gasteiger partial charge < -0.3 is 10.2 Å². The average molecular weight is 282 g/mol. The molecule has 0 saturated carbocycles. The molecule has 1 aliphatic heterocycles. The Balaban J connectivity index is 1.91. The second kappa shape index (κ2) is 6.22. The highest BCUT2D eigenvalue weighted by atomic mass is 15.3. The molecule has 1 aromatic carbocycles. The minimum atomic E-state index is 0.843. The van der Waals surface area contributed by atoms with Gasteiger partial charge in [0, 0.05) is 31.4 Å².